The summed E-state index contributed by atoms with van der Waals surface area (Å²) in [5.41, 5.74) is 0.673. The van der Waals surface area contributed by atoms with Crippen molar-refractivity contribution in [3.63, 3.8) is 0 Å². The SMILES string of the molecule is CCN(C(=O)c1cc(OC)ccc1Br)c1ccc(F)c(F)c1. The zero-order valence-electron chi connectivity index (χ0n) is 12.1. The number of nitrogens with zero attached hydrogens (tertiary/aromatic N) is 1. The van der Waals surface area contributed by atoms with Gasteiger partial charge in [0.25, 0.3) is 5.91 Å². The van der Waals surface area contributed by atoms with Crippen LogP contribution in [-0.2, 0) is 0 Å². The van der Waals surface area contributed by atoms with Crippen LogP contribution < -0.4 is 9.64 Å². The molecule has 0 radical (unpaired) electrons. The Hall–Kier alpha value is -1.95. The van der Waals surface area contributed by atoms with Gasteiger partial charge in [-0.15, -0.1) is 0 Å². The molecule has 1 amide bonds. The lowest BCUT2D eigenvalue weighted by molar-refractivity contribution is 0.0987. The molecule has 0 heterocycles. The number of hydrogen-bond acceptors (Lipinski definition) is 2. The summed E-state index contributed by atoms with van der Waals surface area (Å²) in [7, 11) is 1.50. The molecule has 0 saturated heterocycles. The lowest BCUT2D eigenvalue weighted by atomic mass is 10.1. The number of amides is 1. The average Bonchev–Trinajstić information content (AvgIpc) is 2.51. The van der Waals surface area contributed by atoms with Gasteiger partial charge in [0, 0.05) is 22.8 Å². The number of rotatable bonds is 4. The number of benzene rings is 2. The van der Waals surface area contributed by atoms with Crippen LogP contribution in [0.3, 0.4) is 0 Å². The van der Waals surface area contributed by atoms with E-state index in [2.05, 4.69) is 15.9 Å². The lowest BCUT2D eigenvalue weighted by Crippen LogP contribution is -2.31. The Morgan fingerprint density at radius 1 is 1.18 bits per heavy atom. The number of methoxy groups -OCH3 is 1. The van der Waals surface area contributed by atoms with Gasteiger partial charge in [-0.05, 0) is 53.2 Å². The highest BCUT2D eigenvalue weighted by atomic mass is 79.9. The minimum atomic E-state index is -0.992. The quantitative estimate of drug-likeness (QED) is 0.798. The maximum atomic E-state index is 13.4. The van der Waals surface area contributed by atoms with E-state index >= 15 is 0 Å². The second kappa shape index (κ2) is 6.87. The van der Waals surface area contributed by atoms with Crippen molar-refractivity contribution < 1.29 is 18.3 Å². The van der Waals surface area contributed by atoms with Crippen molar-refractivity contribution in [3.05, 3.63) is 58.1 Å². The van der Waals surface area contributed by atoms with Crippen LogP contribution in [-0.4, -0.2) is 19.6 Å². The summed E-state index contributed by atoms with van der Waals surface area (Å²) in [6, 6.07) is 8.38. The molecule has 2 aromatic carbocycles. The topological polar surface area (TPSA) is 29.5 Å². The summed E-state index contributed by atoms with van der Waals surface area (Å²) >= 11 is 3.32. The van der Waals surface area contributed by atoms with E-state index in [-0.39, 0.29) is 5.91 Å². The van der Waals surface area contributed by atoms with Gasteiger partial charge in [0.05, 0.1) is 12.7 Å². The lowest BCUT2D eigenvalue weighted by Gasteiger charge is -2.22. The van der Waals surface area contributed by atoms with E-state index in [0.29, 0.717) is 28.0 Å². The molecule has 0 saturated carbocycles. The molecule has 2 aromatic rings. The molecule has 0 aromatic heterocycles. The average molecular weight is 370 g/mol. The minimum absolute atomic E-state index is 0.293. The van der Waals surface area contributed by atoms with Gasteiger partial charge in [0.1, 0.15) is 5.75 Å². The van der Waals surface area contributed by atoms with Crippen molar-refractivity contribution in [1.29, 1.82) is 0 Å². The third-order valence-electron chi connectivity index (χ3n) is 3.18. The Balaban J connectivity index is 2.42. The summed E-state index contributed by atoms with van der Waals surface area (Å²) < 4.78 is 32.2. The van der Waals surface area contributed by atoms with Crippen molar-refractivity contribution in [3.8, 4) is 5.75 Å². The molecule has 0 atom stereocenters. The molecule has 2 rings (SSSR count). The molecular weight excluding hydrogens is 356 g/mol. The maximum absolute atomic E-state index is 13.4. The van der Waals surface area contributed by atoms with Gasteiger partial charge >= 0.3 is 0 Å². The van der Waals surface area contributed by atoms with Crippen molar-refractivity contribution in [1.82, 2.24) is 0 Å². The highest BCUT2D eigenvalue weighted by Crippen LogP contribution is 2.26. The van der Waals surface area contributed by atoms with Crippen molar-refractivity contribution in [2.75, 3.05) is 18.6 Å². The first-order chi connectivity index (χ1) is 10.5. The van der Waals surface area contributed by atoms with Gasteiger partial charge in [-0.25, -0.2) is 8.78 Å². The van der Waals surface area contributed by atoms with Crippen LogP contribution in [0, 0.1) is 11.6 Å². The molecule has 3 nitrogen and oxygen atoms in total. The Labute approximate surface area is 135 Å². The first-order valence-corrected chi connectivity index (χ1v) is 7.37. The van der Waals surface area contributed by atoms with Crippen LogP contribution in [0.15, 0.2) is 40.9 Å². The Morgan fingerprint density at radius 3 is 2.50 bits per heavy atom. The molecule has 0 aliphatic carbocycles. The van der Waals surface area contributed by atoms with Gasteiger partial charge in [-0.3, -0.25) is 4.79 Å². The van der Waals surface area contributed by atoms with Gasteiger partial charge < -0.3 is 9.64 Å². The summed E-state index contributed by atoms with van der Waals surface area (Å²) in [6.07, 6.45) is 0. The number of hydrogen-bond donors (Lipinski definition) is 0. The molecule has 0 bridgehead atoms. The van der Waals surface area contributed by atoms with Crippen LogP contribution in [0.1, 0.15) is 17.3 Å². The molecule has 6 heteroatoms. The highest BCUT2D eigenvalue weighted by molar-refractivity contribution is 9.10. The smallest absolute Gasteiger partial charge is 0.259 e. The number of carbonyl (C=O) groups is 1. The third-order valence-corrected chi connectivity index (χ3v) is 3.87. The predicted octanol–water partition coefficient (Wildman–Crippen LogP) is 4.40. The van der Waals surface area contributed by atoms with Crippen molar-refractivity contribution in [2.45, 2.75) is 6.92 Å². The van der Waals surface area contributed by atoms with Crippen LogP contribution in [0.4, 0.5) is 14.5 Å². The molecule has 116 valence electrons. The van der Waals surface area contributed by atoms with Gasteiger partial charge in [-0.2, -0.15) is 0 Å². The van der Waals surface area contributed by atoms with E-state index in [0.717, 1.165) is 12.1 Å². The van der Waals surface area contributed by atoms with Crippen LogP contribution in [0.2, 0.25) is 0 Å². The molecule has 0 spiro atoms. The molecule has 0 N–H and O–H groups in total. The second-order valence-electron chi connectivity index (χ2n) is 4.49. The molecular formula is C16H14BrF2NO2. The van der Waals surface area contributed by atoms with Crippen molar-refractivity contribution in [2.24, 2.45) is 0 Å². The molecule has 0 fully saturated rings. The van der Waals surface area contributed by atoms with E-state index in [1.807, 2.05) is 0 Å². The minimum Gasteiger partial charge on any atom is -0.497 e. The number of halogens is 3. The summed E-state index contributed by atoms with van der Waals surface area (Å²) in [5, 5.41) is 0. The number of anilines is 1. The Bertz CT molecular complexity index is 707. The van der Waals surface area contributed by atoms with Gasteiger partial charge in [0.2, 0.25) is 0 Å². The monoisotopic (exact) mass is 369 g/mol. The molecule has 0 aliphatic rings. The summed E-state index contributed by atoms with van der Waals surface area (Å²) in [4.78, 5) is 14.0. The first kappa shape index (κ1) is 16.4. The summed E-state index contributed by atoms with van der Waals surface area (Å²) in [5.74, 6) is -1.74. The zero-order chi connectivity index (χ0) is 16.3. The normalized spacial score (nSPS) is 10.4. The molecule has 22 heavy (non-hydrogen) atoms. The molecule has 0 unspecified atom stereocenters. The zero-order valence-corrected chi connectivity index (χ0v) is 13.7. The Kier molecular flexibility index (Phi) is 5.13. The maximum Gasteiger partial charge on any atom is 0.259 e. The predicted molar refractivity (Wildman–Crippen MR) is 84.4 cm³/mol. The summed E-state index contributed by atoms with van der Waals surface area (Å²) in [6.45, 7) is 2.07. The third kappa shape index (κ3) is 3.27. The fourth-order valence-corrected chi connectivity index (χ4v) is 2.45. The fourth-order valence-electron chi connectivity index (χ4n) is 2.04. The van der Waals surface area contributed by atoms with Crippen LogP contribution in [0.25, 0.3) is 0 Å². The standard InChI is InChI=1S/C16H14BrF2NO2/c1-3-20(10-4-7-14(18)15(19)8-10)16(21)12-9-11(22-2)5-6-13(12)17/h4-9H,3H2,1-2H3. The Morgan fingerprint density at radius 2 is 1.91 bits per heavy atom. The number of carbonyl (C=O) groups excluding carboxylic acids is 1. The largest absolute Gasteiger partial charge is 0.497 e. The first-order valence-electron chi connectivity index (χ1n) is 6.58. The van der Waals surface area contributed by atoms with Gasteiger partial charge in [-0.1, -0.05) is 0 Å². The van der Waals surface area contributed by atoms with E-state index < -0.39 is 11.6 Å². The number of ether oxygens (including phenoxy) is 1. The van der Waals surface area contributed by atoms with E-state index in [1.54, 1.807) is 25.1 Å². The van der Waals surface area contributed by atoms with E-state index in [9.17, 15) is 13.6 Å². The fraction of sp³-hybridized carbons (Fsp3) is 0.188. The second-order valence-corrected chi connectivity index (χ2v) is 5.35. The van der Waals surface area contributed by atoms with Crippen LogP contribution >= 0.6 is 15.9 Å². The van der Waals surface area contributed by atoms with Crippen molar-refractivity contribution >= 4 is 27.5 Å². The van der Waals surface area contributed by atoms with E-state index in [1.165, 1.54) is 18.1 Å². The van der Waals surface area contributed by atoms with Gasteiger partial charge in [0.15, 0.2) is 11.6 Å². The highest BCUT2D eigenvalue weighted by Gasteiger charge is 2.20. The van der Waals surface area contributed by atoms with E-state index in [4.69, 9.17) is 4.74 Å². The molecule has 0 aliphatic heterocycles. The van der Waals surface area contributed by atoms with Crippen LogP contribution in [0.5, 0.6) is 5.75 Å².